The summed E-state index contributed by atoms with van der Waals surface area (Å²) in [4.78, 5) is 0. The standard InChI is InChI=1S/C53H53N.C2H2/c1-7-18-50(49-35-33-48(34-36-49)46-23-14-11-15-24-46)38-51(37-41(6)44-29-31-47(32-30-44)45-21-12-10-13-22-45)43(9-3)25-17-20-42(8-2)28-27-40(5)53-39(4)19-16-26-52(53)54;1-2/h8-17,21-39,50,54H,19-20H2,1-6H3;1-2H/b25-17-,28-27-,41-37+,42-8-,43-9+,51-38+,53-40+,54-52?;. The minimum absolute atomic E-state index is 0.0801. The predicted octanol–water partition coefficient (Wildman–Crippen LogP) is 14.7. The predicted molar refractivity (Wildman–Crippen MR) is 245 cm³/mol. The van der Waals surface area contributed by atoms with E-state index in [0.29, 0.717) is 11.6 Å². The number of benzene rings is 4. The van der Waals surface area contributed by atoms with Crippen molar-refractivity contribution in [3.8, 4) is 46.9 Å². The fourth-order valence-corrected chi connectivity index (χ4v) is 6.92. The van der Waals surface area contributed by atoms with Crippen LogP contribution in [0.15, 0.2) is 198 Å². The second-order valence-corrected chi connectivity index (χ2v) is 13.8. The lowest BCUT2D eigenvalue weighted by Gasteiger charge is -2.20. The Hall–Kier alpha value is -6.41. The fourth-order valence-electron chi connectivity index (χ4n) is 6.92. The van der Waals surface area contributed by atoms with Crippen LogP contribution in [0.4, 0.5) is 0 Å². The van der Waals surface area contributed by atoms with E-state index in [9.17, 15) is 0 Å². The molecule has 0 aromatic heterocycles. The summed E-state index contributed by atoms with van der Waals surface area (Å²) in [5, 5.41) is 8.45. The van der Waals surface area contributed by atoms with Crippen LogP contribution < -0.4 is 0 Å². The number of terminal acetylenes is 1. The molecule has 56 heavy (non-hydrogen) atoms. The zero-order valence-electron chi connectivity index (χ0n) is 33.9. The first-order valence-electron chi connectivity index (χ1n) is 19.4. The average Bonchev–Trinajstić information content (AvgIpc) is 3.24. The lowest BCUT2D eigenvalue weighted by atomic mass is 9.85. The molecular formula is C55H55N. The van der Waals surface area contributed by atoms with Crippen LogP contribution >= 0.6 is 0 Å². The van der Waals surface area contributed by atoms with Gasteiger partial charge in [-0.05, 0) is 126 Å². The quantitative estimate of drug-likeness (QED) is 0.111. The first-order valence-corrected chi connectivity index (χ1v) is 19.4. The largest absolute Gasteiger partial charge is 0.301 e. The summed E-state index contributed by atoms with van der Waals surface area (Å²) >= 11 is 0. The van der Waals surface area contributed by atoms with E-state index in [1.54, 1.807) is 0 Å². The fraction of sp³-hybridized carbons (Fsp3) is 0.182. The van der Waals surface area contributed by atoms with Crippen LogP contribution in [-0.4, -0.2) is 5.71 Å². The van der Waals surface area contributed by atoms with Crippen molar-refractivity contribution >= 4 is 11.3 Å². The van der Waals surface area contributed by atoms with Gasteiger partial charge in [0, 0.05) is 0 Å². The molecule has 0 saturated heterocycles. The molecule has 0 bridgehead atoms. The van der Waals surface area contributed by atoms with Crippen LogP contribution in [0.5, 0.6) is 0 Å². The van der Waals surface area contributed by atoms with Crippen LogP contribution in [0.25, 0.3) is 27.8 Å². The Bertz CT molecular complexity index is 2250. The summed E-state index contributed by atoms with van der Waals surface area (Å²) in [6.07, 6.45) is 31.7. The lowest BCUT2D eigenvalue weighted by molar-refractivity contribution is 0.707. The molecule has 0 radical (unpaired) electrons. The maximum Gasteiger partial charge on any atom is 0.0641 e. The highest BCUT2D eigenvalue weighted by Crippen LogP contribution is 2.30. The normalized spacial score (nSPS) is 16.6. The zero-order valence-corrected chi connectivity index (χ0v) is 33.9. The van der Waals surface area contributed by atoms with Crippen LogP contribution in [-0.2, 0) is 0 Å². The second-order valence-electron chi connectivity index (χ2n) is 13.8. The molecule has 4 aromatic carbocycles. The van der Waals surface area contributed by atoms with E-state index < -0.39 is 0 Å². The minimum atomic E-state index is -0.0801. The third kappa shape index (κ3) is 11.8. The minimum Gasteiger partial charge on any atom is -0.301 e. The highest BCUT2D eigenvalue weighted by Gasteiger charge is 2.17. The molecular weight excluding hydrogens is 675 g/mol. The summed E-state index contributed by atoms with van der Waals surface area (Å²) in [6.45, 7) is 12.7. The van der Waals surface area contributed by atoms with Gasteiger partial charge in [-0.3, -0.25) is 0 Å². The Labute approximate surface area is 337 Å². The number of hydrogen-bond acceptors (Lipinski definition) is 1. The molecule has 1 nitrogen and oxygen atoms in total. The molecule has 0 spiro atoms. The van der Waals surface area contributed by atoms with Crippen molar-refractivity contribution < 1.29 is 0 Å². The van der Waals surface area contributed by atoms with Crippen molar-refractivity contribution in [2.45, 2.75) is 60.3 Å². The van der Waals surface area contributed by atoms with E-state index in [2.05, 4.69) is 223 Å². The molecule has 2 unspecified atom stereocenters. The first-order chi connectivity index (χ1) is 27.3. The molecule has 2 atom stereocenters. The molecule has 0 saturated carbocycles. The Morgan fingerprint density at radius 1 is 0.750 bits per heavy atom. The van der Waals surface area contributed by atoms with Crippen molar-refractivity contribution in [2.75, 3.05) is 0 Å². The summed E-state index contributed by atoms with van der Waals surface area (Å²) in [5.74, 6) is 7.00. The van der Waals surface area contributed by atoms with Gasteiger partial charge in [0.25, 0.3) is 0 Å². The highest BCUT2D eigenvalue weighted by molar-refractivity contribution is 6.08. The van der Waals surface area contributed by atoms with Crippen LogP contribution in [0.1, 0.15) is 71.4 Å². The molecule has 1 aliphatic carbocycles. The van der Waals surface area contributed by atoms with Gasteiger partial charge in [0.2, 0.25) is 0 Å². The van der Waals surface area contributed by atoms with Gasteiger partial charge in [-0.2, -0.15) is 0 Å². The van der Waals surface area contributed by atoms with Crippen molar-refractivity contribution in [3.05, 3.63) is 209 Å². The van der Waals surface area contributed by atoms with Crippen LogP contribution in [0.2, 0.25) is 0 Å². The molecule has 0 amide bonds. The number of nitrogens with one attached hydrogen (secondary N) is 1. The number of hydrogen-bond donors (Lipinski definition) is 1. The van der Waals surface area contributed by atoms with Gasteiger partial charge in [0.15, 0.2) is 0 Å². The number of allylic oxidation sites excluding steroid dienone is 16. The monoisotopic (exact) mass is 729 g/mol. The van der Waals surface area contributed by atoms with E-state index in [1.807, 2.05) is 13.0 Å². The smallest absolute Gasteiger partial charge is 0.0641 e. The first kappa shape index (κ1) is 42.3. The SMILES string of the molecule is C#C.CC#CC(/C=C(\C=C(/C)c1ccc(-c2ccccc2)cc1)C(/C=C\CC(/C=C\C(C)=C1\C(=N)C=CCC1C)=C/C)=C/C)c1ccc(-c2ccccc2)cc1. The van der Waals surface area contributed by atoms with Crippen molar-refractivity contribution in [3.63, 3.8) is 0 Å². The molecule has 0 heterocycles. The Kier molecular flexibility index (Phi) is 16.7. The summed E-state index contributed by atoms with van der Waals surface area (Å²) < 4.78 is 0. The van der Waals surface area contributed by atoms with Gasteiger partial charge >= 0.3 is 0 Å². The molecule has 4 aromatic rings. The molecule has 1 aliphatic rings. The number of rotatable bonds is 12. The van der Waals surface area contributed by atoms with Gasteiger partial charge in [0.05, 0.1) is 11.6 Å². The maximum absolute atomic E-state index is 8.45. The van der Waals surface area contributed by atoms with E-state index >= 15 is 0 Å². The summed E-state index contributed by atoms with van der Waals surface area (Å²) in [6, 6.07) is 38.7. The molecule has 0 aliphatic heterocycles. The highest BCUT2D eigenvalue weighted by atomic mass is 14.4. The topological polar surface area (TPSA) is 23.9 Å². The van der Waals surface area contributed by atoms with Gasteiger partial charge < -0.3 is 5.41 Å². The van der Waals surface area contributed by atoms with Gasteiger partial charge in [0.1, 0.15) is 0 Å². The lowest BCUT2D eigenvalue weighted by Crippen LogP contribution is -2.13. The maximum atomic E-state index is 8.45. The summed E-state index contributed by atoms with van der Waals surface area (Å²) in [7, 11) is 0. The van der Waals surface area contributed by atoms with Crippen molar-refractivity contribution in [1.29, 1.82) is 5.41 Å². The second kappa shape index (κ2) is 22.1. The Morgan fingerprint density at radius 2 is 1.32 bits per heavy atom. The average molecular weight is 730 g/mol. The van der Waals surface area contributed by atoms with E-state index in [4.69, 9.17) is 5.41 Å². The Morgan fingerprint density at radius 3 is 1.86 bits per heavy atom. The molecule has 280 valence electrons. The van der Waals surface area contributed by atoms with E-state index in [0.717, 1.165) is 35.1 Å². The zero-order chi connectivity index (χ0) is 40.3. The van der Waals surface area contributed by atoms with E-state index in [1.165, 1.54) is 44.5 Å². The molecule has 1 N–H and O–H groups in total. The van der Waals surface area contributed by atoms with Gasteiger partial charge in [-0.15, -0.1) is 18.8 Å². The molecule has 1 heteroatoms. The third-order valence-corrected chi connectivity index (χ3v) is 10.0. The van der Waals surface area contributed by atoms with Crippen molar-refractivity contribution in [2.24, 2.45) is 5.92 Å². The molecule has 0 fully saturated rings. The van der Waals surface area contributed by atoms with Gasteiger partial charge in [-0.1, -0.05) is 177 Å². The molecule has 5 rings (SSSR count). The van der Waals surface area contributed by atoms with E-state index in [-0.39, 0.29) is 5.92 Å². The van der Waals surface area contributed by atoms with Gasteiger partial charge in [-0.25, -0.2) is 0 Å². The van der Waals surface area contributed by atoms with Crippen molar-refractivity contribution in [1.82, 2.24) is 0 Å². The third-order valence-electron chi connectivity index (χ3n) is 10.0. The summed E-state index contributed by atoms with van der Waals surface area (Å²) in [5.41, 5.74) is 14.8. The van der Waals surface area contributed by atoms with Crippen LogP contribution in [0.3, 0.4) is 0 Å². The Balaban J connectivity index is 0.00000342. The van der Waals surface area contributed by atoms with Crippen LogP contribution in [0, 0.1) is 36.0 Å².